The number of carbonyl (C=O) groups excluding carboxylic acids is 2. The number of esters is 1. The summed E-state index contributed by atoms with van der Waals surface area (Å²) in [6, 6.07) is 13.9. The lowest BCUT2D eigenvalue weighted by Gasteiger charge is -2.20. The molecule has 0 aliphatic carbocycles. The molecule has 0 aliphatic heterocycles. The smallest absolute Gasteiger partial charge is 0.330 e. The van der Waals surface area contributed by atoms with Crippen molar-refractivity contribution in [3.63, 3.8) is 0 Å². The predicted octanol–water partition coefficient (Wildman–Crippen LogP) is 6.35. The van der Waals surface area contributed by atoms with Gasteiger partial charge in [0.05, 0.1) is 6.61 Å². The normalized spacial score (nSPS) is 10.9. The Hall–Kier alpha value is -3.08. The number of ether oxygens (including phenoxy) is 1. The largest absolute Gasteiger partial charge is 0.463 e. The molecule has 0 bridgehead atoms. The fraction of sp³-hybridized carbons (Fsp3) is 0.407. The standard InChI is InChI=1S/C27H36N2O3/c1-5-7-8-9-10-19-28-27(31)29(4)24-17-11-21(3)25(20-24)23-15-12-22(13-16-23)14-18-26(30)32-6-2/h11-18,20H,5-10,19H2,1-4H3,(H,28,31). The first kappa shape index (κ1) is 25.2. The van der Waals surface area contributed by atoms with Crippen LogP contribution in [-0.4, -0.2) is 32.2 Å². The second kappa shape index (κ2) is 13.4. The van der Waals surface area contributed by atoms with Crippen molar-refractivity contribution in [3.8, 4) is 11.1 Å². The first-order valence-electron chi connectivity index (χ1n) is 11.5. The molecule has 0 spiro atoms. The minimum absolute atomic E-state index is 0.0882. The van der Waals surface area contributed by atoms with Crippen molar-refractivity contribution in [1.29, 1.82) is 0 Å². The third-order valence-corrected chi connectivity index (χ3v) is 5.39. The number of amides is 2. The molecule has 0 unspecified atom stereocenters. The SMILES string of the molecule is CCCCCCCNC(=O)N(C)c1ccc(C)c(-c2ccc(C=CC(=O)OCC)cc2)c1. The van der Waals surface area contributed by atoms with Gasteiger partial charge in [-0.1, -0.05) is 62.9 Å². The lowest BCUT2D eigenvalue weighted by molar-refractivity contribution is -0.137. The van der Waals surface area contributed by atoms with E-state index in [2.05, 4.69) is 19.2 Å². The maximum Gasteiger partial charge on any atom is 0.330 e. The Morgan fingerprint density at radius 3 is 2.41 bits per heavy atom. The molecule has 1 N–H and O–H groups in total. The number of hydrogen-bond acceptors (Lipinski definition) is 3. The highest BCUT2D eigenvalue weighted by Crippen LogP contribution is 2.28. The number of hydrogen-bond donors (Lipinski definition) is 1. The van der Waals surface area contributed by atoms with Crippen LogP contribution >= 0.6 is 0 Å². The van der Waals surface area contributed by atoms with Gasteiger partial charge in [0.2, 0.25) is 0 Å². The van der Waals surface area contributed by atoms with Crippen molar-refractivity contribution in [3.05, 3.63) is 59.7 Å². The zero-order valence-corrected chi connectivity index (χ0v) is 19.8. The summed E-state index contributed by atoms with van der Waals surface area (Å²) in [5.41, 5.74) is 5.03. The minimum Gasteiger partial charge on any atom is -0.463 e. The van der Waals surface area contributed by atoms with Gasteiger partial charge in [-0.2, -0.15) is 0 Å². The van der Waals surface area contributed by atoms with Crippen LogP contribution in [0, 0.1) is 6.92 Å². The van der Waals surface area contributed by atoms with Crippen molar-refractivity contribution >= 4 is 23.8 Å². The highest BCUT2D eigenvalue weighted by atomic mass is 16.5. The van der Waals surface area contributed by atoms with Crippen molar-refractivity contribution in [2.45, 2.75) is 52.9 Å². The molecule has 0 fully saturated rings. The van der Waals surface area contributed by atoms with Gasteiger partial charge in [-0.15, -0.1) is 0 Å². The minimum atomic E-state index is -0.345. The lowest BCUT2D eigenvalue weighted by atomic mass is 9.98. The van der Waals surface area contributed by atoms with E-state index in [9.17, 15) is 9.59 Å². The maximum absolute atomic E-state index is 12.6. The summed E-state index contributed by atoms with van der Waals surface area (Å²) < 4.78 is 4.91. The first-order valence-corrected chi connectivity index (χ1v) is 11.5. The molecular formula is C27H36N2O3. The first-order chi connectivity index (χ1) is 15.5. The molecule has 2 rings (SSSR count). The number of nitrogens with one attached hydrogen (secondary N) is 1. The third-order valence-electron chi connectivity index (χ3n) is 5.39. The summed E-state index contributed by atoms with van der Waals surface area (Å²) in [7, 11) is 1.80. The van der Waals surface area contributed by atoms with Crippen LogP contribution in [-0.2, 0) is 9.53 Å². The summed E-state index contributed by atoms with van der Waals surface area (Å²) in [6.07, 6.45) is 9.03. The number of benzene rings is 2. The predicted molar refractivity (Wildman–Crippen MR) is 133 cm³/mol. The van der Waals surface area contributed by atoms with E-state index in [0.717, 1.165) is 40.8 Å². The van der Waals surface area contributed by atoms with Crippen molar-refractivity contribution in [1.82, 2.24) is 5.32 Å². The van der Waals surface area contributed by atoms with Crippen LogP contribution in [0.5, 0.6) is 0 Å². The molecule has 0 saturated carbocycles. The van der Waals surface area contributed by atoms with Crippen LogP contribution in [0.3, 0.4) is 0 Å². The van der Waals surface area contributed by atoms with Gasteiger partial charge in [0, 0.05) is 25.4 Å². The summed E-state index contributed by atoms with van der Waals surface area (Å²) in [5.74, 6) is -0.345. The molecule has 0 heterocycles. The van der Waals surface area contributed by atoms with Crippen LogP contribution < -0.4 is 10.2 Å². The highest BCUT2D eigenvalue weighted by Gasteiger charge is 2.12. The van der Waals surface area contributed by atoms with E-state index in [1.807, 2.05) is 42.5 Å². The van der Waals surface area contributed by atoms with Gasteiger partial charge in [-0.25, -0.2) is 9.59 Å². The molecule has 5 nitrogen and oxygen atoms in total. The average Bonchev–Trinajstić information content (AvgIpc) is 2.80. The van der Waals surface area contributed by atoms with E-state index in [-0.39, 0.29) is 12.0 Å². The number of unbranched alkanes of at least 4 members (excludes halogenated alkanes) is 4. The summed E-state index contributed by atoms with van der Waals surface area (Å²) >= 11 is 0. The van der Waals surface area contributed by atoms with Gasteiger partial charge >= 0.3 is 12.0 Å². The van der Waals surface area contributed by atoms with Gasteiger partial charge in [0.15, 0.2) is 0 Å². The molecule has 0 radical (unpaired) electrons. The Morgan fingerprint density at radius 2 is 1.72 bits per heavy atom. The molecule has 0 saturated heterocycles. The Labute approximate surface area is 192 Å². The Morgan fingerprint density at radius 1 is 1.00 bits per heavy atom. The zero-order chi connectivity index (χ0) is 23.3. The van der Waals surface area contributed by atoms with Crippen molar-refractivity contribution in [2.24, 2.45) is 0 Å². The third kappa shape index (κ3) is 7.88. The Kier molecular flexibility index (Phi) is 10.5. The monoisotopic (exact) mass is 436 g/mol. The van der Waals surface area contributed by atoms with E-state index in [1.54, 1.807) is 24.9 Å². The molecule has 2 amide bonds. The molecule has 172 valence electrons. The Bertz CT molecular complexity index is 904. The summed E-state index contributed by atoms with van der Waals surface area (Å²) in [4.78, 5) is 25.7. The fourth-order valence-electron chi connectivity index (χ4n) is 3.42. The van der Waals surface area contributed by atoms with E-state index in [4.69, 9.17) is 4.74 Å². The van der Waals surface area contributed by atoms with Crippen molar-refractivity contribution < 1.29 is 14.3 Å². The number of nitrogens with zero attached hydrogens (tertiary/aromatic N) is 1. The second-order valence-electron chi connectivity index (χ2n) is 7.91. The molecule has 0 aromatic heterocycles. The topological polar surface area (TPSA) is 58.6 Å². The van der Waals surface area contributed by atoms with E-state index >= 15 is 0 Å². The molecule has 5 heteroatoms. The number of anilines is 1. The van der Waals surface area contributed by atoms with Crippen LogP contribution in [0.1, 0.15) is 57.1 Å². The van der Waals surface area contributed by atoms with E-state index < -0.39 is 0 Å². The van der Waals surface area contributed by atoms with Crippen LogP contribution in [0.25, 0.3) is 17.2 Å². The quantitative estimate of drug-likeness (QED) is 0.253. The molecule has 2 aromatic rings. The van der Waals surface area contributed by atoms with Gasteiger partial charge in [0.1, 0.15) is 0 Å². The summed E-state index contributed by atoms with van der Waals surface area (Å²) in [5, 5.41) is 3.01. The van der Waals surface area contributed by atoms with Crippen molar-refractivity contribution in [2.75, 3.05) is 25.1 Å². The molecule has 0 atom stereocenters. The van der Waals surface area contributed by atoms with Gasteiger partial charge in [-0.3, -0.25) is 4.90 Å². The van der Waals surface area contributed by atoms with E-state index in [1.165, 1.54) is 25.3 Å². The molecule has 32 heavy (non-hydrogen) atoms. The number of urea groups is 1. The molecule has 0 aliphatic rings. The van der Waals surface area contributed by atoms with Gasteiger partial charge in [-0.05, 0) is 60.7 Å². The molecule has 2 aromatic carbocycles. The van der Waals surface area contributed by atoms with Crippen LogP contribution in [0.4, 0.5) is 10.5 Å². The van der Waals surface area contributed by atoms with Crippen LogP contribution in [0.15, 0.2) is 48.5 Å². The average molecular weight is 437 g/mol. The number of rotatable bonds is 11. The zero-order valence-electron chi connectivity index (χ0n) is 19.8. The summed E-state index contributed by atoms with van der Waals surface area (Å²) in [6.45, 7) is 7.11. The highest BCUT2D eigenvalue weighted by molar-refractivity contribution is 5.92. The van der Waals surface area contributed by atoms with Gasteiger partial charge in [0.25, 0.3) is 0 Å². The molecular weight excluding hydrogens is 400 g/mol. The fourth-order valence-corrected chi connectivity index (χ4v) is 3.42. The van der Waals surface area contributed by atoms with Gasteiger partial charge < -0.3 is 10.1 Å². The number of carbonyl (C=O) groups is 2. The van der Waals surface area contributed by atoms with Crippen LogP contribution in [0.2, 0.25) is 0 Å². The van der Waals surface area contributed by atoms with E-state index in [0.29, 0.717) is 13.2 Å². The lowest BCUT2D eigenvalue weighted by Crippen LogP contribution is -2.37. The Balaban J connectivity index is 2.03. The maximum atomic E-state index is 12.6. The second-order valence-corrected chi connectivity index (χ2v) is 7.91. The number of aryl methyl sites for hydroxylation is 1.